The molecule has 1 rings (SSSR count). The first-order chi connectivity index (χ1) is 6.02. The second-order valence-corrected chi connectivity index (χ2v) is 4.44. The van der Waals surface area contributed by atoms with Crippen molar-refractivity contribution in [3.8, 4) is 0 Å². The lowest BCUT2D eigenvalue weighted by Crippen LogP contribution is -2.12. The second kappa shape index (κ2) is 3.92. The van der Waals surface area contributed by atoms with Crippen LogP contribution in [0.2, 0.25) is 0 Å². The molecule has 1 aromatic carbocycles. The molecule has 1 atom stereocenters. The second-order valence-electron chi connectivity index (χ2n) is 3.07. The Morgan fingerprint density at radius 1 is 1.54 bits per heavy atom. The minimum atomic E-state index is -0.183. The minimum absolute atomic E-state index is 0.0255. The Balaban J connectivity index is 3.09. The fraction of sp³-hybridized carbons (Fsp3) is 0.300. The molecule has 0 aliphatic rings. The van der Waals surface area contributed by atoms with Gasteiger partial charge in [0.15, 0.2) is 5.78 Å². The van der Waals surface area contributed by atoms with E-state index in [-0.39, 0.29) is 10.6 Å². The number of aryl methyl sites for hydroxylation is 1. The fourth-order valence-electron chi connectivity index (χ4n) is 1.12. The monoisotopic (exact) mass is 241 g/mol. The van der Waals surface area contributed by atoms with Gasteiger partial charge in [-0.05, 0) is 31.5 Å². The van der Waals surface area contributed by atoms with Crippen LogP contribution in [0.4, 0.5) is 5.69 Å². The summed E-state index contributed by atoms with van der Waals surface area (Å²) in [5.41, 5.74) is 7.93. The van der Waals surface area contributed by atoms with Crippen LogP contribution < -0.4 is 5.73 Å². The number of alkyl halides is 1. The van der Waals surface area contributed by atoms with E-state index in [4.69, 9.17) is 5.73 Å². The van der Waals surface area contributed by atoms with Gasteiger partial charge in [-0.3, -0.25) is 4.79 Å². The number of Topliss-reactive ketones (excluding diaryl/α,β-unsaturated/α-hetero) is 1. The summed E-state index contributed by atoms with van der Waals surface area (Å²) >= 11 is 3.22. The van der Waals surface area contributed by atoms with Gasteiger partial charge in [0, 0.05) is 11.3 Å². The summed E-state index contributed by atoms with van der Waals surface area (Å²) in [5, 5.41) is 0. The van der Waals surface area contributed by atoms with Gasteiger partial charge in [0.05, 0.1) is 4.83 Å². The Morgan fingerprint density at radius 2 is 2.15 bits per heavy atom. The van der Waals surface area contributed by atoms with Gasteiger partial charge in [0.25, 0.3) is 0 Å². The lowest BCUT2D eigenvalue weighted by atomic mass is 10.0. The molecule has 0 bridgehead atoms. The largest absolute Gasteiger partial charge is 0.398 e. The molecule has 1 aromatic rings. The molecule has 0 heterocycles. The molecule has 0 aliphatic heterocycles. The van der Waals surface area contributed by atoms with Crippen LogP contribution in [0, 0.1) is 6.92 Å². The van der Waals surface area contributed by atoms with E-state index in [9.17, 15) is 4.79 Å². The Bertz CT molecular complexity index is 334. The van der Waals surface area contributed by atoms with Crippen molar-refractivity contribution in [1.82, 2.24) is 0 Å². The van der Waals surface area contributed by atoms with Crippen LogP contribution in [0.15, 0.2) is 18.2 Å². The van der Waals surface area contributed by atoms with E-state index in [0.717, 1.165) is 5.56 Å². The van der Waals surface area contributed by atoms with E-state index >= 15 is 0 Å². The molecule has 0 fully saturated rings. The summed E-state index contributed by atoms with van der Waals surface area (Å²) in [6.07, 6.45) is 0. The molecule has 13 heavy (non-hydrogen) atoms. The average molecular weight is 242 g/mol. The number of anilines is 1. The van der Waals surface area contributed by atoms with Crippen molar-refractivity contribution in [3.63, 3.8) is 0 Å². The smallest absolute Gasteiger partial charge is 0.178 e. The molecule has 0 saturated carbocycles. The number of ketones is 1. The molecule has 3 heteroatoms. The molecule has 0 radical (unpaired) electrons. The van der Waals surface area contributed by atoms with Crippen LogP contribution >= 0.6 is 15.9 Å². The molecule has 0 amide bonds. The number of benzene rings is 1. The van der Waals surface area contributed by atoms with Gasteiger partial charge in [0.2, 0.25) is 0 Å². The van der Waals surface area contributed by atoms with Gasteiger partial charge in [-0.2, -0.15) is 0 Å². The molecule has 70 valence electrons. The van der Waals surface area contributed by atoms with E-state index in [2.05, 4.69) is 15.9 Å². The number of carbonyl (C=O) groups excluding carboxylic acids is 1. The average Bonchev–Trinajstić information content (AvgIpc) is 2.03. The van der Waals surface area contributed by atoms with Crippen molar-refractivity contribution in [2.75, 3.05) is 5.73 Å². The number of carbonyl (C=O) groups is 1. The van der Waals surface area contributed by atoms with Gasteiger partial charge in [0.1, 0.15) is 0 Å². The zero-order valence-corrected chi connectivity index (χ0v) is 9.26. The van der Waals surface area contributed by atoms with Crippen molar-refractivity contribution in [3.05, 3.63) is 29.3 Å². The van der Waals surface area contributed by atoms with Gasteiger partial charge < -0.3 is 5.73 Å². The predicted octanol–water partition coefficient (Wildman–Crippen LogP) is 2.54. The van der Waals surface area contributed by atoms with Crippen molar-refractivity contribution >= 4 is 27.4 Å². The topological polar surface area (TPSA) is 43.1 Å². The fourth-order valence-corrected chi connectivity index (χ4v) is 1.37. The van der Waals surface area contributed by atoms with Gasteiger partial charge in [-0.15, -0.1) is 0 Å². The Labute approximate surface area is 86.3 Å². The van der Waals surface area contributed by atoms with Crippen molar-refractivity contribution in [2.24, 2.45) is 0 Å². The van der Waals surface area contributed by atoms with Crippen LogP contribution in [0.5, 0.6) is 0 Å². The first kappa shape index (κ1) is 10.3. The maximum atomic E-state index is 11.5. The highest BCUT2D eigenvalue weighted by Gasteiger charge is 2.14. The zero-order valence-electron chi connectivity index (χ0n) is 7.67. The quantitative estimate of drug-likeness (QED) is 0.492. The third-order valence-corrected chi connectivity index (χ3v) is 2.25. The molecule has 1 unspecified atom stereocenters. The molecular formula is C10H12BrNO. The van der Waals surface area contributed by atoms with Crippen LogP contribution in [-0.4, -0.2) is 10.6 Å². The highest BCUT2D eigenvalue weighted by Crippen LogP contribution is 2.18. The summed E-state index contributed by atoms with van der Waals surface area (Å²) in [4.78, 5) is 11.4. The van der Waals surface area contributed by atoms with Crippen molar-refractivity contribution in [1.29, 1.82) is 0 Å². The van der Waals surface area contributed by atoms with Crippen molar-refractivity contribution < 1.29 is 4.79 Å². The lowest BCUT2D eigenvalue weighted by molar-refractivity contribution is 0.0996. The van der Waals surface area contributed by atoms with Crippen molar-refractivity contribution in [2.45, 2.75) is 18.7 Å². The molecule has 0 aromatic heterocycles. The van der Waals surface area contributed by atoms with Gasteiger partial charge in [-0.25, -0.2) is 0 Å². The Morgan fingerprint density at radius 3 is 2.62 bits per heavy atom. The summed E-state index contributed by atoms with van der Waals surface area (Å²) in [7, 11) is 0. The first-order valence-electron chi connectivity index (χ1n) is 4.07. The van der Waals surface area contributed by atoms with Crippen LogP contribution in [0.3, 0.4) is 0 Å². The molecule has 2 nitrogen and oxygen atoms in total. The van der Waals surface area contributed by atoms with Gasteiger partial charge >= 0.3 is 0 Å². The highest BCUT2D eigenvalue weighted by atomic mass is 79.9. The molecular weight excluding hydrogens is 230 g/mol. The van der Waals surface area contributed by atoms with Crippen LogP contribution in [-0.2, 0) is 0 Å². The summed E-state index contributed by atoms with van der Waals surface area (Å²) in [6.45, 7) is 3.74. The SMILES string of the molecule is Cc1ccc(C(=O)C(C)Br)c(N)c1. The van der Waals surface area contributed by atoms with E-state index in [1.165, 1.54) is 0 Å². The summed E-state index contributed by atoms with van der Waals surface area (Å²) in [5.74, 6) is 0.0255. The maximum absolute atomic E-state index is 11.5. The third kappa shape index (κ3) is 2.31. The third-order valence-electron chi connectivity index (χ3n) is 1.83. The Kier molecular flexibility index (Phi) is 3.09. The van der Waals surface area contributed by atoms with E-state index < -0.39 is 0 Å². The van der Waals surface area contributed by atoms with Gasteiger partial charge in [-0.1, -0.05) is 22.0 Å². The van der Waals surface area contributed by atoms with E-state index in [1.807, 2.05) is 19.1 Å². The number of nitrogen functional groups attached to an aromatic ring is 1. The number of rotatable bonds is 2. The van der Waals surface area contributed by atoms with E-state index in [0.29, 0.717) is 11.3 Å². The highest BCUT2D eigenvalue weighted by molar-refractivity contribution is 9.10. The molecule has 2 N–H and O–H groups in total. The molecule has 0 aliphatic carbocycles. The predicted molar refractivity (Wildman–Crippen MR) is 58.3 cm³/mol. The number of halogens is 1. The first-order valence-corrected chi connectivity index (χ1v) is 4.98. The Hall–Kier alpha value is -0.830. The maximum Gasteiger partial charge on any atom is 0.178 e. The van der Waals surface area contributed by atoms with Crippen LogP contribution in [0.1, 0.15) is 22.8 Å². The minimum Gasteiger partial charge on any atom is -0.398 e. The normalized spacial score (nSPS) is 12.5. The standard InChI is InChI=1S/C10H12BrNO/c1-6-3-4-8(9(12)5-6)10(13)7(2)11/h3-5,7H,12H2,1-2H3. The number of nitrogens with two attached hydrogens (primary N) is 1. The molecule has 0 saturated heterocycles. The summed E-state index contributed by atoms with van der Waals surface area (Å²) < 4.78 is 0. The number of hydrogen-bond donors (Lipinski definition) is 1. The van der Waals surface area contributed by atoms with E-state index in [1.54, 1.807) is 13.0 Å². The zero-order chi connectivity index (χ0) is 10.0. The summed E-state index contributed by atoms with van der Waals surface area (Å²) in [6, 6.07) is 5.46. The number of hydrogen-bond acceptors (Lipinski definition) is 2. The van der Waals surface area contributed by atoms with Crippen LogP contribution in [0.25, 0.3) is 0 Å². The lowest BCUT2D eigenvalue weighted by Gasteiger charge is -2.06. The molecule has 0 spiro atoms.